The summed E-state index contributed by atoms with van der Waals surface area (Å²) in [4.78, 5) is 17.8. The molecule has 0 saturated carbocycles. The van der Waals surface area contributed by atoms with Gasteiger partial charge in [-0.3, -0.25) is 0 Å². The summed E-state index contributed by atoms with van der Waals surface area (Å²) in [5.41, 5.74) is 0. The number of sulfonamides is 1. The molecule has 0 spiro atoms. The highest BCUT2D eigenvalue weighted by Gasteiger charge is 2.28. The quantitative estimate of drug-likeness (QED) is 0.716. The number of hydrogen-bond donors (Lipinski definition) is 0. The predicted octanol–water partition coefficient (Wildman–Crippen LogP) is 1.79. The summed E-state index contributed by atoms with van der Waals surface area (Å²) in [6.07, 6.45) is 2.82. The number of carbonyl (C=O) groups is 1. The Morgan fingerprint density at radius 2 is 1.91 bits per heavy atom. The number of amides is 1. The van der Waals surface area contributed by atoms with E-state index in [0.29, 0.717) is 19.6 Å². The van der Waals surface area contributed by atoms with Gasteiger partial charge < -0.3 is 4.90 Å². The largest absolute Gasteiger partial charge is 0.346 e. The van der Waals surface area contributed by atoms with Crippen molar-refractivity contribution in [2.75, 3.05) is 19.6 Å². The summed E-state index contributed by atoms with van der Waals surface area (Å²) in [7, 11) is -3.77. The predicted molar refractivity (Wildman–Crippen MR) is 87.7 cm³/mol. The van der Waals surface area contributed by atoms with Crippen LogP contribution in [0.5, 0.6) is 0 Å². The highest BCUT2D eigenvalue weighted by Crippen LogP contribution is 2.12. The first-order chi connectivity index (χ1) is 10.8. The molecule has 0 saturated heterocycles. The molecule has 1 rings (SSSR count). The van der Waals surface area contributed by atoms with E-state index in [9.17, 15) is 13.2 Å². The molecular weight excluding hydrogens is 318 g/mol. The number of rotatable bonds is 8. The Morgan fingerprint density at radius 3 is 2.39 bits per heavy atom. The third-order valence-corrected chi connectivity index (χ3v) is 5.33. The van der Waals surface area contributed by atoms with Crippen molar-refractivity contribution in [1.82, 2.24) is 24.0 Å². The number of hydrogen-bond acceptors (Lipinski definition) is 5. The number of nitrogens with zero attached hydrogens (tertiary/aromatic N) is 5. The molecule has 0 aliphatic rings. The SMILES string of the molecule is CCCCN(CC)S(=O)(=O)c1ncn(C(=O)N(CC)C(C)C)n1. The lowest BCUT2D eigenvalue weighted by molar-refractivity contribution is 0.185. The average Bonchev–Trinajstić information content (AvgIpc) is 2.98. The van der Waals surface area contributed by atoms with Crippen LogP contribution in [0.2, 0.25) is 0 Å². The van der Waals surface area contributed by atoms with Gasteiger partial charge in [-0.15, -0.1) is 5.10 Å². The van der Waals surface area contributed by atoms with Gasteiger partial charge in [-0.25, -0.2) is 18.2 Å². The van der Waals surface area contributed by atoms with Crippen LogP contribution in [0.4, 0.5) is 4.79 Å². The highest BCUT2D eigenvalue weighted by atomic mass is 32.2. The van der Waals surface area contributed by atoms with E-state index in [1.54, 1.807) is 11.8 Å². The van der Waals surface area contributed by atoms with E-state index in [1.807, 2.05) is 27.7 Å². The lowest BCUT2D eigenvalue weighted by Crippen LogP contribution is -2.40. The molecule has 1 aromatic heterocycles. The second-order valence-electron chi connectivity index (χ2n) is 5.48. The maximum atomic E-state index is 12.5. The molecule has 23 heavy (non-hydrogen) atoms. The van der Waals surface area contributed by atoms with Crippen molar-refractivity contribution in [2.45, 2.75) is 58.7 Å². The molecule has 0 aromatic carbocycles. The van der Waals surface area contributed by atoms with E-state index in [0.717, 1.165) is 23.9 Å². The van der Waals surface area contributed by atoms with Crippen molar-refractivity contribution >= 4 is 16.1 Å². The Morgan fingerprint density at radius 1 is 1.26 bits per heavy atom. The molecule has 1 heterocycles. The van der Waals surface area contributed by atoms with Crippen LogP contribution in [0.25, 0.3) is 0 Å². The van der Waals surface area contributed by atoms with E-state index in [1.165, 1.54) is 4.31 Å². The molecule has 132 valence electrons. The van der Waals surface area contributed by atoms with E-state index in [4.69, 9.17) is 0 Å². The van der Waals surface area contributed by atoms with E-state index >= 15 is 0 Å². The molecule has 1 amide bonds. The Balaban J connectivity index is 3.04. The molecule has 1 aromatic rings. The second-order valence-corrected chi connectivity index (χ2v) is 7.32. The van der Waals surface area contributed by atoms with E-state index < -0.39 is 10.0 Å². The first-order valence-corrected chi connectivity index (χ1v) is 9.46. The summed E-state index contributed by atoms with van der Waals surface area (Å²) in [6.45, 7) is 10.7. The fraction of sp³-hybridized carbons (Fsp3) is 0.786. The van der Waals surface area contributed by atoms with Gasteiger partial charge in [-0.1, -0.05) is 20.3 Å². The third-order valence-electron chi connectivity index (χ3n) is 3.56. The van der Waals surface area contributed by atoms with E-state index in [-0.39, 0.29) is 17.2 Å². The highest BCUT2D eigenvalue weighted by molar-refractivity contribution is 7.88. The summed E-state index contributed by atoms with van der Waals surface area (Å²) in [6, 6.07) is -0.387. The van der Waals surface area contributed by atoms with Crippen LogP contribution in [0, 0.1) is 0 Å². The molecule has 0 unspecified atom stereocenters. The third kappa shape index (κ3) is 4.51. The van der Waals surface area contributed by atoms with Gasteiger partial charge in [0.05, 0.1) is 0 Å². The summed E-state index contributed by atoms with van der Waals surface area (Å²) in [5.74, 6) is 0. The second kappa shape index (κ2) is 8.39. The van der Waals surface area contributed by atoms with Crippen LogP contribution in [-0.2, 0) is 10.0 Å². The zero-order valence-electron chi connectivity index (χ0n) is 14.6. The molecule has 0 bridgehead atoms. The molecule has 0 radical (unpaired) electrons. The minimum Gasteiger partial charge on any atom is -0.321 e. The number of carbonyl (C=O) groups excluding carboxylic acids is 1. The van der Waals surface area contributed by atoms with Crippen LogP contribution >= 0.6 is 0 Å². The number of aromatic nitrogens is 3. The topological polar surface area (TPSA) is 88.4 Å². The molecule has 0 N–H and O–H groups in total. The molecule has 0 atom stereocenters. The summed E-state index contributed by atoms with van der Waals surface area (Å²) >= 11 is 0. The summed E-state index contributed by atoms with van der Waals surface area (Å²) in [5, 5.41) is 3.56. The van der Waals surface area contributed by atoms with Crippen LogP contribution in [-0.4, -0.2) is 64.1 Å². The lowest BCUT2D eigenvalue weighted by atomic mass is 10.3. The van der Waals surface area contributed by atoms with Gasteiger partial charge in [-0.2, -0.15) is 8.99 Å². The van der Waals surface area contributed by atoms with Gasteiger partial charge in [0.25, 0.3) is 15.2 Å². The van der Waals surface area contributed by atoms with Gasteiger partial charge in [0.15, 0.2) is 0 Å². The monoisotopic (exact) mass is 345 g/mol. The molecule has 9 heteroatoms. The van der Waals surface area contributed by atoms with Crippen molar-refractivity contribution in [2.24, 2.45) is 0 Å². The molecule has 0 fully saturated rings. The fourth-order valence-electron chi connectivity index (χ4n) is 2.21. The minimum atomic E-state index is -3.77. The maximum absolute atomic E-state index is 12.5. The minimum absolute atomic E-state index is 0.00606. The van der Waals surface area contributed by atoms with Crippen LogP contribution < -0.4 is 0 Å². The summed E-state index contributed by atoms with van der Waals surface area (Å²) < 4.78 is 27.4. The van der Waals surface area contributed by atoms with Crippen molar-refractivity contribution in [1.29, 1.82) is 0 Å². The van der Waals surface area contributed by atoms with Crippen LogP contribution in [0.1, 0.15) is 47.5 Å². The van der Waals surface area contributed by atoms with Gasteiger partial charge in [0, 0.05) is 25.7 Å². The Hall–Kier alpha value is -1.48. The average molecular weight is 345 g/mol. The Kier molecular flexibility index (Phi) is 7.14. The molecule has 0 aliphatic heterocycles. The molecule has 8 nitrogen and oxygen atoms in total. The van der Waals surface area contributed by atoms with Gasteiger partial charge in [-0.05, 0) is 27.2 Å². The normalized spacial score (nSPS) is 12.1. The van der Waals surface area contributed by atoms with Crippen molar-refractivity contribution in [3.8, 4) is 0 Å². The number of unbranched alkanes of at least 4 members (excludes halogenated alkanes) is 1. The Bertz CT molecular complexity index is 612. The van der Waals surface area contributed by atoms with Crippen molar-refractivity contribution in [3.05, 3.63) is 6.33 Å². The van der Waals surface area contributed by atoms with Crippen molar-refractivity contribution in [3.63, 3.8) is 0 Å². The Labute approximate surface area is 138 Å². The lowest BCUT2D eigenvalue weighted by Gasteiger charge is -2.24. The van der Waals surface area contributed by atoms with Gasteiger partial charge >= 0.3 is 6.03 Å². The fourth-order valence-corrected chi connectivity index (χ4v) is 3.52. The molecule has 0 aliphatic carbocycles. The first kappa shape index (κ1) is 19.6. The van der Waals surface area contributed by atoms with E-state index in [2.05, 4.69) is 10.1 Å². The maximum Gasteiger partial charge on any atom is 0.346 e. The van der Waals surface area contributed by atoms with Crippen LogP contribution in [0.15, 0.2) is 11.5 Å². The standard InChI is InChI=1S/C14H27N5O3S/c1-6-9-10-17(7-2)23(21,22)13-15-11-19(16-13)14(20)18(8-3)12(4)5/h11-12H,6-10H2,1-5H3. The van der Waals surface area contributed by atoms with Crippen LogP contribution in [0.3, 0.4) is 0 Å². The van der Waals surface area contributed by atoms with Gasteiger partial charge in [0.2, 0.25) is 0 Å². The zero-order chi connectivity index (χ0) is 17.6. The van der Waals surface area contributed by atoms with Gasteiger partial charge in [0.1, 0.15) is 6.33 Å². The zero-order valence-corrected chi connectivity index (χ0v) is 15.4. The first-order valence-electron chi connectivity index (χ1n) is 8.02. The smallest absolute Gasteiger partial charge is 0.321 e. The van der Waals surface area contributed by atoms with Crippen molar-refractivity contribution < 1.29 is 13.2 Å². The molecular formula is C14H27N5O3S.